The van der Waals surface area contributed by atoms with Gasteiger partial charge in [0, 0.05) is 10.0 Å². The van der Waals surface area contributed by atoms with E-state index in [0.717, 1.165) is 12.1 Å². The Morgan fingerprint density at radius 3 is 2.25 bits per heavy atom. The molecule has 0 saturated heterocycles. The molecule has 2 aromatic carbocycles. The van der Waals surface area contributed by atoms with E-state index in [2.05, 4.69) is 21.4 Å². The smallest absolute Gasteiger partial charge is 0.132 e. The summed E-state index contributed by atoms with van der Waals surface area (Å²) < 4.78 is 41.7. The van der Waals surface area contributed by atoms with Crippen LogP contribution in [0.4, 0.5) is 13.2 Å². The average Bonchev–Trinajstić information content (AvgIpc) is 2.37. The molecule has 0 amide bonds. The summed E-state index contributed by atoms with van der Waals surface area (Å²) in [5.74, 6) is 3.40. The quantitative estimate of drug-likeness (QED) is 0.657. The van der Waals surface area contributed by atoms with Crippen molar-refractivity contribution in [3.63, 3.8) is 0 Å². The van der Waals surface area contributed by atoms with Gasteiger partial charge in [-0.1, -0.05) is 22.0 Å². The molecule has 20 heavy (non-hydrogen) atoms. The largest absolute Gasteiger partial charge is 0.271 e. The van der Waals surface area contributed by atoms with Crippen LogP contribution in [0.2, 0.25) is 0 Å². The van der Waals surface area contributed by atoms with Gasteiger partial charge in [-0.3, -0.25) is 5.84 Å². The highest BCUT2D eigenvalue weighted by Crippen LogP contribution is 2.30. The fourth-order valence-electron chi connectivity index (χ4n) is 2.08. The van der Waals surface area contributed by atoms with E-state index in [9.17, 15) is 13.2 Å². The SMILES string of the molecule is Cc1ccc(F)cc1C(NN)c1c(F)cc(Br)cc1F. The number of hydrazine groups is 1. The molecule has 0 radical (unpaired) electrons. The lowest BCUT2D eigenvalue weighted by Crippen LogP contribution is -2.31. The molecule has 2 nitrogen and oxygen atoms in total. The van der Waals surface area contributed by atoms with E-state index < -0.39 is 23.5 Å². The van der Waals surface area contributed by atoms with Crippen molar-refractivity contribution in [1.82, 2.24) is 5.43 Å². The summed E-state index contributed by atoms with van der Waals surface area (Å²) in [7, 11) is 0. The van der Waals surface area contributed by atoms with Crippen LogP contribution in [0.1, 0.15) is 22.7 Å². The van der Waals surface area contributed by atoms with Gasteiger partial charge in [-0.25, -0.2) is 18.6 Å². The van der Waals surface area contributed by atoms with E-state index in [1.54, 1.807) is 6.92 Å². The van der Waals surface area contributed by atoms with Gasteiger partial charge < -0.3 is 0 Å². The molecule has 1 unspecified atom stereocenters. The van der Waals surface area contributed by atoms with Crippen molar-refractivity contribution in [3.05, 3.63) is 68.9 Å². The number of halogens is 4. The van der Waals surface area contributed by atoms with Gasteiger partial charge in [-0.05, 0) is 42.3 Å². The molecule has 0 bridgehead atoms. The molecule has 2 rings (SSSR count). The van der Waals surface area contributed by atoms with Crippen LogP contribution in [0.25, 0.3) is 0 Å². The molecular formula is C14H12BrF3N2. The Balaban J connectivity index is 2.61. The number of rotatable bonds is 3. The van der Waals surface area contributed by atoms with E-state index in [1.165, 1.54) is 18.2 Å². The lowest BCUT2D eigenvalue weighted by molar-refractivity contribution is 0.506. The Morgan fingerprint density at radius 1 is 1.10 bits per heavy atom. The summed E-state index contributed by atoms with van der Waals surface area (Å²) in [4.78, 5) is 0. The van der Waals surface area contributed by atoms with Gasteiger partial charge in [0.1, 0.15) is 17.5 Å². The Labute approximate surface area is 122 Å². The maximum Gasteiger partial charge on any atom is 0.132 e. The fraction of sp³-hybridized carbons (Fsp3) is 0.143. The monoisotopic (exact) mass is 344 g/mol. The molecule has 0 spiro atoms. The number of hydrogen-bond acceptors (Lipinski definition) is 2. The van der Waals surface area contributed by atoms with E-state index in [4.69, 9.17) is 5.84 Å². The normalized spacial score (nSPS) is 12.5. The standard InChI is InChI=1S/C14H12BrF3N2/c1-7-2-3-9(16)6-10(7)14(20-19)13-11(17)4-8(15)5-12(13)18/h2-6,14,20H,19H2,1H3. The number of hydrogen-bond donors (Lipinski definition) is 2. The van der Waals surface area contributed by atoms with E-state index in [-0.39, 0.29) is 10.0 Å². The van der Waals surface area contributed by atoms with Crippen LogP contribution in [-0.2, 0) is 0 Å². The lowest BCUT2D eigenvalue weighted by Gasteiger charge is -2.20. The molecule has 0 fully saturated rings. The van der Waals surface area contributed by atoms with Crippen molar-refractivity contribution < 1.29 is 13.2 Å². The Morgan fingerprint density at radius 2 is 1.70 bits per heavy atom. The van der Waals surface area contributed by atoms with Crippen molar-refractivity contribution in [1.29, 1.82) is 0 Å². The molecule has 3 N–H and O–H groups in total. The van der Waals surface area contributed by atoms with Gasteiger partial charge in [0.25, 0.3) is 0 Å². The Kier molecular flexibility index (Phi) is 4.47. The molecule has 6 heteroatoms. The maximum absolute atomic E-state index is 14.0. The first-order valence-corrected chi connectivity index (χ1v) is 6.60. The van der Waals surface area contributed by atoms with Crippen LogP contribution >= 0.6 is 15.9 Å². The molecule has 0 aliphatic carbocycles. The zero-order valence-electron chi connectivity index (χ0n) is 10.6. The molecule has 0 aromatic heterocycles. The molecule has 0 aliphatic heterocycles. The topological polar surface area (TPSA) is 38.0 Å². The summed E-state index contributed by atoms with van der Waals surface area (Å²) in [6, 6.07) is 5.32. The summed E-state index contributed by atoms with van der Waals surface area (Å²) in [6.45, 7) is 1.72. The first-order valence-electron chi connectivity index (χ1n) is 5.80. The lowest BCUT2D eigenvalue weighted by atomic mass is 9.94. The molecule has 0 heterocycles. The highest BCUT2D eigenvalue weighted by atomic mass is 79.9. The summed E-state index contributed by atoms with van der Waals surface area (Å²) >= 11 is 3.01. The minimum Gasteiger partial charge on any atom is -0.271 e. The summed E-state index contributed by atoms with van der Waals surface area (Å²) in [5, 5.41) is 0. The zero-order valence-corrected chi connectivity index (χ0v) is 12.1. The molecule has 2 aromatic rings. The third-order valence-electron chi connectivity index (χ3n) is 3.05. The molecule has 1 atom stereocenters. The highest BCUT2D eigenvalue weighted by molar-refractivity contribution is 9.10. The fourth-order valence-corrected chi connectivity index (χ4v) is 2.48. The number of nitrogens with two attached hydrogens (primary N) is 1. The van der Waals surface area contributed by atoms with Gasteiger partial charge in [0.05, 0.1) is 6.04 Å². The van der Waals surface area contributed by atoms with Crippen molar-refractivity contribution in [2.75, 3.05) is 0 Å². The second-order valence-electron chi connectivity index (χ2n) is 4.38. The van der Waals surface area contributed by atoms with Crippen molar-refractivity contribution >= 4 is 15.9 Å². The number of benzene rings is 2. The van der Waals surface area contributed by atoms with E-state index in [0.29, 0.717) is 11.1 Å². The van der Waals surface area contributed by atoms with E-state index >= 15 is 0 Å². The van der Waals surface area contributed by atoms with Crippen molar-refractivity contribution in [3.8, 4) is 0 Å². The van der Waals surface area contributed by atoms with Crippen LogP contribution in [0.15, 0.2) is 34.8 Å². The van der Waals surface area contributed by atoms with Crippen LogP contribution in [-0.4, -0.2) is 0 Å². The van der Waals surface area contributed by atoms with Gasteiger partial charge in [-0.2, -0.15) is 0 Å². The minimum atomic E-state index is -0.973. The van der Waals surface area contributed by atoms with Gasteiger partial charge >= 0.3 is 0 Å². The summed E-state index contributed by atoms with van der Waals surface area (Å²) in [6.07, 6.45) is 0. The van der Waals surface area contributed by atoms with Gasteiger partial charge in [0.15, 0.2) is 0 Å². The van der Waals surface area contributed by atoms with Crippen LogP contribution in [0.5, 0.6) is 0 Å². The number of aryl methyl sites for hydroxylation is 1. The maximum atomic E-state index is 14.0. The van der Waals surface area contributed by atoms with Crippen LogP contribution in [0, 0.1) is 24.4 Å². The highest BCUT2D eigenvalue weighted by Gasteiger charge is 2.23. The van der Waals surface area contributed by atoms with Crippen molar-refractivity contribution in [2.45, 2.75) is 13.0 Å². The van der Waals surface area contributed by atoms with E-state index in [1.807, 2.05) is 0 Å². The second kappa shape index (κ2) is 5.95. The van der Waals surface area contributed by atoms with Crippen LogP contribution < -0.4 is 11.3 Å². The van der Waals surface area contributed by atoms with Crippen LogP contribution in [0.3, 0.4) is 0 Å². The molecule has 0 aliphatic rings. The molecular weight excluding hydrogens is 333 g/mol. The first kappa shape index (κ1) is 15.0. The Hall–Kier alpha value is -1.37. The van der Waals surface area contributed by atoms with Crippen molar-refractivity contribution in [2.24, 2.45) is 5.84 Å². The summed E-state index contributed by atoms with van der Waals surface area (Å²) in [5.41, 5.74) is 3.15. The second-order valence-corrected chi connectivity index (χ2v) is 5.30. The number of nitrogens with one attached hydrogen (secondary N) is 1. The zero-order chi connectivity index (χ0) is 14.9. The van der Waals surface area contributed by atoms with Gasteiger partial charge in [-0.15, -0.1) is 0 Å². The molecule has 106 valence electrons. The predicted octanol–water partition coefficient (Wildman–Crippen LogP) is 3.73. The minimum absolute atomic E-state index is 0.246. The molecule has 0 saturated carbocycles. The van der Waals surface area contributed by atoms with Gasteiger partial charge in [0.2, 0.25) is 0 Å². The third kappa shape index (κ3) is 2.87. The first-order chi connectivity index (χ1) is 9.43. The average molecular weight is 345 g/mol. The Bertz CT molecular complexity index is 623. The third-order valence-corrected chi connectivity index (χ3v) is 3.51. The predicted molar refractivity (Wildman–Crippen MR) is 74.4 cm³/mol.